The Morgan fingerprint density at radius 2 is 2.06 bits per heavy atom. The molecule has 17 heavy (non-hydrogen) atoms. The number of hydrogen-bond donors (Lipinski definition) is 2. The molecule has 0 unspecified atom stereocenters. The lowest BCUT2D eigenvalue weighted by Gasteiger charge is -2.13. The van der Waals surface area contributed by atoms with E-state index in [0.717, 1.165) is 12.8 Å². The molecule has 1 aromatic rings. The van der Waals surface area contributed by atoms with E-state index in [1.165, 1.54) is 12.1 Å². The third-order valence-electron chi connectivity index (χ3n) is 2.65. The number of aromatic hydroxyl groups is 1. The average Bonchev–Trinajstić information content (AvgIpc) is 2.32. The first-order chi connectivity index (χ1) is 8.18. The molecule has 0 heterocycles. The number of carbonyl (C=O) groups is 2. The molecule has 4 nitrogen and oxygen atoms in total. The van der Waals surface area contributed by atoms with Crippen LogP contribution in [0, 0.1) is 0 Å². The first kappa shape index (κ1) is 11.4. The Hall–Kier alpha value is -2.10. The zero-order valence-corrected chi connectivity index (χ0v) is 9.27. The molecule has 4 heteroatoms. The standard InChI is InChI=1S/C13H13NO3/c15-11-7-3-1-5-9(11)13(17)14-10-6-2-4-8-12(10)16/h1,3,5-7,15H,2,4,8H2,(H,14,17). The third kappa shape index (κ3) is 2.53. The minimum Gasteiger partial charge on any atom is -0.507 e. The van der Waals surface area contributed by atoms with Crippen molar-refractivity contribution in [3.8, 4) is 5.75 Å². The monoisotopic (exact) mass is 231 g/mol. The van der Waals surface area contributed by atoms with Crippen LogP contribution in [0.2, 0.25) is 0 Å². The zero-order valence-electron chi connectivity index (χ0n) is 9.27. The van der Waals surface area contributed by atoms with Crippen LogP contribution >= 0.6 is 0 Å². The highest BCUT2D eigenvalue weighted by Gasteiger charge is 2.18. The van der Waals surface area contributed by atoms with Crippen LogP contribution in [0.25, 0.3) is 0 Å². The first-order valence-electron chi connectivity index (χ1n) is 5.51. The van der Waals surface area contributed by atoms with Gasteiger partial charge in [-0.2, -0.15) is 0 Å². The van der Waals surface area contributed by atoms with E-state index in [4.69, 9.17) is 0 Å². The summed E-state index contributed by atoms with van der Waals surface area (Å²) in [6.45, 7) is 0. The molecule has 0 aliphatic heterocycles. The van der Waals surface area contributed by atoms with Crippen molar-refractivity contribution in [2.45, 2.75) is 19.3 Å². The van der Waals surface area contributed by atoms with Crippen molar-refractivity contribution in [3.63, 3.8) is 0 Å². The van der Waals surface area contributed by atoms with E-state index >= 15 is 0 Å². The van der Waals surface area contributed by atoms with Crippen molar-refractivity contribution in [2.75, 3.05) is 0 Å². The third-order valence-corrected chi connectivity index (χ3v) is 2.65. The average molecular weight is 231 g/mol. The Bertz CT molecular complexity index is 491. The van der Waals surface area contributed by atoms with Crippen LogP contribution in [-0.2, 0) is 4.79 Å². The number of phenolic OH excluding ortho intramolecular Hbond substituents is 1. The van der Waals surface area contributed by atoms with Gasteiger partial charge < -0.3 is 10.4 Å². The molecule has 0 spiro atoms. The predicted octanol–water partition coefficient (Wildman–Crippen LogP) is 1.76. The maximum atomic E-state index is 11.8. The number of rotatable bonds is 2. The fraction of sp³-hybridized carbons (Fsp3) is 0.231. The molecular weight excluding hydrogens is 218 g/mol. The number of phenols is 1. The van der Waals surface area contributed by atoms with Gasteiger partial charge in [0, 0.05) is 6.42 Å². The lowest BCUT2D eigenvalue weighted by Crippen LogP contribution is -2.28. The van der Waals surface area contributed by atoms with Gasteiger partial charge in [0.05, 0.1) is 11.3 Å². The first-order valence-corrected chi connectivity index (χ1v) is 5.51. The minimum atomic E-state index is -0.454. The van der Waals surface area contributed by atoms with Crippen molar-refractivity contribution in [2.24, 2.45) is 0 Å². The fourth-order valence-electron chi connectivity index (χ4n) is 1.73. The van der Waals surface area contributed by atoms with Gasteiger partial charge in [-0.1, -0.05) is 18.2 Å². The number of hydrogen-bond acceptors (Lipinski definition) is 3. The Morgan fingerprint density at radius 1 is 1.29 bits per heavy atom. The van der Waals surface area contributed by atoms with Gasteiger partial charge in [-0.15, -0.1) is 0 Å². The summed E-state index contributed by atoms with van der Waals surface area (Å²) < 4.78 is 0. The van der Waals surface area contributed by atoms with Gasteiger partial charge in [0.15, 0.2) is 5.78 Å². The summed E-state index contributed by atoms with van der Waals surface area (Å²) in [5, 5.41) is 12.0. The number of nitrogens with one attached hydrogen (secondary N) is 1. The maximum Gasteiger partial charge on any atom is 0.259 e. The van der Waals surface area contributed by atoms with Crippen LogP contribution in [-0.4, -0.2) is 16.8 Å². The van der Waals surface area contributed by atoms with Gasteiger partial charge in [0.1, 0.15) is 5.75 Å². The molecule has 1 aliphatic carbocycles. The predicted molar refractivity (Wildman–Crippen MR) is 62.5 cm³/mol. The molecule has 1 aliphatic rings. The van der Waals surface area contributed by atoms with Crippen molar-refractivity contribution in [1.82, 2.24) is 5.32 Å². The van der Waals surface area contributed by atoms with E-state index < -0.39 is 5.91 Å². The Balaban J connectivity index is 2.15. The van der Waals surface area contributed by atoms with E-state index in [1.807, 2.05) is 0 Å². The number of benzene rings is 1. The lowest BCUT2D eigenvalue weighted by molar-refractivity contribution is -0.116. The largest absolute Gasteiger partial charge is 0.507 e. The van der Waals surface area contributed by atoms with Gasteiger partial charge in [0.25, 0.3) is 5.91 Å². The van der Waals surface area contributed by atoms with Gasteiger partial charge in [-0.3, -0.25) is 9.59 Å². The molecule has 0 bridgehead atoms. The second-order valence-corrected chi connectivity index (χ2v) is 3.90. The number of allylic oxidation sites excluding steroid dienone is 2. The number of amides is 1. The molecule has 1 aromatic carbocycles. The molecule has 0 atom stereocenters. The van der Waals surface area contributed by atoms with E-state index in [1.54, 1.807) is 18.2 Å². The van der Waals surface area contributed by atoms with Gasteiger partial charge in [0.2, 0.25) is 0 Å². The summed E-state index contributed by atoms with van der Waals surface area (Å²) in [6.07, 6.45) is 3.81. The molecule has 0 saturated heterocycles. The molecule has 2 N–H and O–H groups in total. The van der Waals surface area contributed by atoms with Crippen molar-refractivity contribution < 1.29 is 14.7 Å². The van der Waals surface area contributed by atoms with Crippen LogP contribution in [0.5, 0.6) is 5.75 Å². The van der Waals surface area contributed by atoms with E-state index in [-0.39, 0.29) is 17.1 Å². The smallest absolute Gasteiger partial charge is 0.259 e. The number of carbonyl (C=O) groups excluding carboxylic acids is 2. The maximum absolute atomic E-state index is 11.8. The van der Waals surface area contributed by atoms with Crippen LogP contribution in [0.4, 0.5) is 0 Å². The Labute approximate surface area is 99.0 Å². The Kier molecular flexibility index (Phi) is 3.23. The van der Waals surface area contributed by atoms with Gasteiger partial charge in [-0.25, -0.2) is 0 Å². The molecule has 1 amide bonds. The van der Waals surface area contributed by atoms with E-state index in [2.05, 4.69) is 5.32 Å². The summed E-state index contributed by atoms with van der Waals surface area (Å²) in [5.41, 5.74) is 0.510. The normalized spacial score (nSPS) is 15.3. The number of para-hydroxylation sites is 1. The molecule has 2 rings (SSSR count). The molecular formula is C13H13NO3. The second-order valence-electron chi connectivity index (χ2n) is 3.90. The lowest BCUT2D eigenvalue weighted by atomic mass is 10.0. The van der Waals surface area contributed by atoms with Crippen LogP contribution in [0.1, 0.15) is 29.6 Å². The van der Waals surface area contributed by atoms with Crippen LogP contribution < -0.4 is 5.32 Å². The zero-order chi connectivity index (χ0) is 12.3. The van der Waals surface area contributed by atoms with E-state index in [9.17, 15) is 14.7 Å². The molecule has 0 aromatic heterocycles. The second kappa shape index (κ2) is 4.82. The van der Waals surface area contributed by atoms with E-state index in [0.29, 0.717) is 12.1 Å². The summed E-state index contributed by atoms with van der Waals surface area (Å²) >= 11 is 0. The summed E-state index contributed by atoms with van der Waals surface area (Å²) in [5.74, 6) is -0.599. The molecule has 0 fully saturated rings. The minimum absolute atomic E-state index is 0.0555. The fourth-order valence-corrected chi connectivity index (χ4v) is 1.73. The van der Waals surface area contributed by atoms with Crippen LogP contribution in [0.15, 0.2) is 36.0 Å². The molecule has 0 saturated carbocycles. The highest BCUT2D eigenvalue weighted by molar-refractivity contribution is 6.04. The number of ketones is 1. The van der Waals surface area contributed by atoms with Gasteiger partial charge >= 0.3 is 0 Å². The quantitative estimate of drug-likeness (QED) is 0.815. The van der Waals surface area contributed by atoms with Crippen LogP contribution in [0.3, 0.4) is 0 Å². The summed E-state index contributed by atoms with van der Waals surface area (Å²) in [7, 11) is 0. The molecule has 88 valence electrons. The SMILES string of the molecule is O=C1CCCC=C1NC(=O)c1ccccc1O. The van der Waals surface area contributed by atoms with Crippen molar-refractivity contribution in [1.29, 1.82) is 0 Å². The van der Waals surface area contributed by atoms with Crippen molar-refractivity contribution >= 4 is 11.7 Å². The topological polar surface area (TPSA) is 66.4 Å². The number of Topliss-reactive ketones (excluding diaryl/α,β-unsaturated/α-hetero) is 1. The van der Waals surface area contributed by atoms with Crippen molar-refractivity contribution in [3.05, 3.63) is 41.6 Å². The highest BCUT2D eigenvalue weighted by atomic mass is 16.3. The molecule has 0 radical (unpaired) electrons. The highest BCUT2D eigenvalue weighted by Crippen LogP contribution is 2.17. The Morgan fingerprint density at radius 3 is 2.76 bits per heavy atom. The summed E-state index contributed by atoms with van der Waals surface area (Å²) in [4.78, 5) is 23.3. The van der Waals surface area contributed by atoms with Gasteiger partial charge in [-0.05, 0) is 25.0 Å². The summed E-state index contributed by atoms with van der Waals surface area (Å²) in [6, 6.07) is 6.24.